The number of aryl methyl sites for hydroxylation is 2. The maximum Gasteiger partial charge on any atom is 0.270 e. The minimum absolute atomic E-state index is 0.0743. The van der Waals surface area contributed by atoms with Gasteiger partial charge in [-0.05, 0) is 31.0 Å². The number of amides is 2. The van der Waals surface area contributed by atoms with Crippen molar-refractivity contribution in [3.05, 3.63) is 67.2 Å². The second-order valence-electron chi connectivity index (χ2n) is 6.18. The number of hydrogen-bond donors (Lipinski definition) is 1. The second kappa shape index (κ2) is 7.57. The molecular weight excluding hydrogens is 407 g/mol. The minimum Gasteiger partial charge on any atom is -0.308 e. The number of rotatable bonds is 3. The van der Waals surface area contributed by atoms with Gasteiger partial charge in [-0.3, -0.25) is 19.7 Å². The largest absolute Gasteiger partial charge is 0.308 e. The molecule has 0 bridgehead atoms. The number of nitro groups is 1. The zero-order valence-electron chi connectivity index (χ0n) is 14.8. The molecule has 2 amide bonds. The number of amidine groups is 1. The van der Waals surface area contributed by atoms with E-state index >= 15 is 0 Å². The molecule has 0 atom stereocenters. The van der Waals surface area contributed by atoms with Crippen LogP contribution in [-0.2, 0) is 4.79 Å². The molecule has 1 heterocycles. The van der Waals surface area contributed by atoms with Crippen molar-refractivity contribution in [3.8, 4) is 0 Å². The number of non-ortho nitro benzene ring substituents is 1. The Morgan fingerprint density at radius 1 is 1.21 bits per heavy atom. The van der Waals surface area contributed by atoms with Crippen molar-refractivity contribution >= 4 is 52.2 Å². The number of benzene rings is 2. The van der Waals surface area contributed by atoms with Gasteiger partial charge in [0.1, 0.15) is 11.5 Å². The number of hydrogen-bond acceptors (Lipinski definition) is 5. The second-order valence-corrected chi connectivity index (χ2v) is 6.93. The van der Waals surface area contributed by atoms with E-state index in [0.29, 0.717) is 10.0 Å². The van der Waals surface area contributed by atoms with Crippen LogP contribution in [0.2, 0.25) is 10.0 Å². The summed E-state index contributed by atoms with van der Waals surface area (Å²) in [4.78, 5) is 35.1. The van der Waals surface area contributed by atoms with Gasteiger partial charge in [0.25, 0.3) is 17.5 Å². The van der Waals surface area contributed by atoms with Crippen LogP contribution in [0.5, 0.6) is 0 Å². The summed E-state index contributed by atoms with van der Waals surface area (Å²) in [7, 11) is 0. The third-order valence-electron chi connectivity index (χ3n) is 4.11. The van der Waals surface area contributed by atoms with Crippen molar-refractivity contribution in [1.29, 1.82) is 0 Å². The molecule has 28 heavy (non-hydrogen) atoms. The summed E-state index contributed by atoms with van der Waals surface area (Å²) in [6.07, 6.45) is -0.166. The van der Waals surface area contributed by atoms with E-state index in [-0.39, 0.29) is 29.2 Å². The number of carbonyl (C=O) groups is 2. The van der Waals surface area contributed by atoms with Crippen LogP contribution in [0.25, 0.3) is 0 Å². The number of halogens is 2. The van der Waals surface area contributed by atoms with E-state index < -0.39 is 16.7 Å². The van der Waals surface area contributed by atoms with Gasteiger partial charge in [0.2, 0.25) is 0 Å². The molecule has 2 aromatic carbocycles. The van der Waals surface area contributed by atoms with Crippen LogP contribution < -0.4 is 10.3 Å². The standard InChI is InChI=1S/C18H14Cl2N4O4/c1-9-6-10(2)16(20)17(15(9)19)23-14(25)8-13(22-23)21-18(26)11-4-3-5-12(7-11)24(27)28/h3-7H,8H2,1-2H3,(H,21,22,26). The average Bonchev–Trinajstić information content (AvgIpc) is 3.00. The maximum atomic E-state index is 12.4. The molecule has 0 spiro atoms. The van der Waals surface area contributed by atoms with Gasteiger partial charge in [-0.25, -0.2) is 0 Å². The summed E-state index contributed by atoms with van der Waals surface area (Å²) in [5.41, 5.74) is 1.58. The minimum atomic E-state index is -0.616. The van der Waals surface area contributed by atoms with Gasteiger partial charge >= 0.3 is 0 Å². The Kier molecular flexibility index (Phi) is 5.35. The van der Waals surface area contributed by atoms with Gasteiger partial charge in [0, 0.05) is 17.7 Å². The van der Waals surface area contributed by atoms with E-state index in [1.165, 1.54) is 18.2 Å². The molecule has 0 fully saturated rings. The van der Waals surface area contributed by atoms with Crippen molar-refractivity contribution in [2.24, 2.45) is 5.10 Å². The van der Waals surface area contributed by atoms with E-state index in [1.807, 2.05) is 0 Å². The summed E-state index contributed by atoms with van der Waals surface area (Å²) in [5, 5.41) is 19.1. The highest BCUT2D eigenvalue weighted by molar-refractivity contribution is 6.41. The maximum absolute atomic E-state index is 12.4. The first-order chi connectivity index (χ1) is 13.2. The third-order valence-corrected chi connectivity index (χ3v) is 5.06. The summed E-state index contributed by atoms with van der Waals surface area (Å²) >= 11 is 12.6. The summed E-state index contributed by atoms with van der Waals surface area (Å²) in [6.45, 7) is 3.56. The molecule has 0 saturated carbocycles. The zero-order chi connectivity index (χ0) is 20.6. The van der Waals surface area contributed by atoms with Gasteiger partial charge < -0.3 is 5.32 Å². The highest BCUT2D eigenvalue weighted by Gasteiger charge is 2.31. The number of nitrogens with one attached hydrogen (secondary N) is 1. The Morgan fingerprint density at radius 2 is 1.86 bits per heavy atom. The molecule has 0 aliphatic carbocycles. The molecule has 144 valence electrons. The predicted octanol–water partition coefficient (Wildman–Crippen LogP) is 4.00. The van der Waals surface area contributed by atoms with E-state index in [4.69, 9.17) is 23.2 Å². The molecule has 3 rings (SSSR count). The molecule has 0 radical (unpaired) electrons. The van der Waals surface area contributed by atoms with Crippen LogP contribution in [-0.4, -0.2) is 22.6 Å². The first kappa shape index (κ1) is 19.8. The van der Waals surface area contributed by atoms with Crippen molar-refractivity contribution in [2.75, 3.05) is 5.01 Å². The molecule has 2 aromatic rings. The van der Waals surface area contributed by atoms with Crippen LogP contribution in [0, 0.1) is 24.0 Å². The normalized spacial score (nSPS) is 13.5. The molecule has 0 aromatic heterocycles. The highest BCUT2D eigenvalue weighted by atomic mass is 35.5. The Bertz CT molecular complexity index is 1030. The van der Waals surface area contributed by atoms with Crippen molar-refractivity contribution < 1.29 is 14.5 Å². The number of nitro benzene ring substituents is 1. The molecule has 0 saturated heterocycles. The van der Waals surface area contributed by atoms with Gasteiger partial charge in [-0.15, -0.1) is 0 Å². The fourth-order valence-electron chi connectivity index (χ4n) is 2.75. The van der Waals surface area contributed by atoms with E-state index in [2.05, 4.69) is 10.4 Å². The number of carbonyl (C=O) groups excluding carboxylic acids is 2. The topological polar surface area (TPSA) is 105 Å². The number of nitrogens with zero attached hydrogens (tertiary/aromatic N) is 3. The van der Waals surface area contributed by atoms with Gasteiger partial charge in [-0.2, -0.15) is 10.1 Å². The fourth-order valence-corrected chi connectivity index (χ4v) is 3.25. The summed E-state index contributed by atoms with van der Waals surface area (Å²) in [6, 6.07) is 7.04. The lowest BCUT2D eigenvalue weighted by molar-refractivity contribution is -0.384. The quantitative estimate of drug-likeness (QED) is 0.598. The van der Waals surface area contributed by atoms with Crippen molar-refractivity contribution in [2.45, 2.75) is 20.3 Å². The first-order valence-electron chi connectivity index (χ1n) is 8.10. The van der Waals surface area contributed by atoms with Crippen LogP contribution in [0.3, 0.4) is 0 Å². The zero-order valence-corrected chi connectivity index (χ0v) is 16.3. The monoisotopic (exact) mass is 420 g/mol. The average molecular weight is 421 g/mol. The molecule has 1 aliphatic rings. The van der Waals surface area contributed by atoms with Crippen LogP contribution in [0.4, 0.5) is 11.4 Å². The van der Waals surface area contributed by atoms with E-state index in [9.17, 15) is 19.7 Å². The lowest BCUT2D eigenvalue weighted by Crippen LogP contribution is -2.29. The smallest absolute Gasteiger partial charge is 0.270 e. The number of hydrazone groups is 1. The summed E-state index contributed by atoms with van der Waals surface area (Å²) < 4.78 is 0. The summed E-state index contributed by atoms with van der Waals surface area (Å²) in [5.74, 6) is -0.939. The Morgan fingerprint density at radius 3 is 2.46 bits per heavy atom. The number of anilines is 1. The van der Waals surface area contributed by atoms with Gasteiger partial charge in [0.05, 0.1) is 21.4 Å². The van der Waals surface area contributed by atoms with E-state index in [1.54, 1.807) is 19.9 Å². The highest BCUT2D eigenvalue weighted by Crippen LogP contribution is 2.40. The van der Waals surface area contributed by atoms with Crippen molar-refractivity contribution in [1.82, 2.24) is 5.32 Å². The van der Waals surface area contributed by atoms with Crippen LogP contribution >= 0.6 is 23.2 Å². The van der Waals surface area contributed by atoms with Gasteiger partial charge in [0.15, 0.2) is 0 Å². The van der Waals surface area contributed by atoms with Crippen LogP contribution in [0.1, 0.15) is 27.9 Å². The molecule has 1 N–H and O–H groups in total. The first-order valence-corrected chi connectivity index (χ1v) is 8.86. The van der Waals surface area contributed by atoms with Crippen LogP contribution in [0.15, 0.2) is 35.4 Å². The predicted molar refractivity (Wildman–Crippen MR) is 106 cm³/mol. The fraction of sp³-hybridized carbons (Fsp3) is 0.167. The lowest BCUT2D eigenvalue weighted by Gasteiger charge is -2.18. The lowest BCUT2D eigenvalue weighted by atomic mass is 10.1. The molecular formula is C18H14Cl2N4O4. The molecule has 1 aliphatic heterocycles. The molecule has 0 unspecified atom stereocenters. The Balaban J connectivity index is 1.88. The third kappa shape index (κ3) is 3.69. The Labute approximate surface area is 169 Å². The van der Waals surface area contributed by atoms with Crippen molar-refractivity contribution in [3.63, 3.8) is 0 Å². The SMILES string of the molecule is Cc1cc(C)c(Cl)c(N2N=C(NC(=O)c3cccc([N+](=O)[O-])c3)CC2=O)c1Cl. The molecule has 10 heteroatoms. The van der Waals surface area contributed by atoms with Gasteiger partial charge in [-0.1, -0.05) is 35.3 Å². The molecule has 8 nitrogen and oxygen atoms in total. The Hall–Kier alpha value is -2.97. The van der Waals surface area contributed by atoms with E-state index in [0.717, 1.165) is 22.2 Å².